The second-order valence-electron chi connectivity index (χ2n) is 7.78. The monoisotopic (exact) mass is 385 g/mol. The zero-order valence-corrected chi connectivity index (χ0v) is 15.8. The summed E-state index contributed by atoms with van der Waals surface area (Å²) < 4.78 is 2.89. The van der Waals surface area contributed by atoms with Crippen molar-refractivity contribution in [3.05, 3.63) is 70.4 Å². The van der Waals surface area contributed by atoms with Crippen molar-refractivity contribution in [2.24, 2.45) is 0 Å². The second kappa shape index (κ2) is 6.01. The Bertz CT molecular complexity index is 1350. The van der Waals surface area contributed by atoms with Crippen LogP contribution in [0, 0.1) is 0 Å². The molecule has 7 nitrogen and oxygen atoms in total. The van der Waals surface area contributed by atoms with E-state index in [4.69, 9.17) is 4.98 Å². The molecule has 4 aromatic rings. The van der Waals surface area contributed by atoms with E-state index in [0.717, 1.165) is 47.2 Å². The lowest BCUT2D eigenvalue weighted by atomic mass is 10.2. The van der Waals surface area contributed by atoms with Gasteiger partial charge in [0.15, 0.2) is 5.65 Å². The van der Waals surface area contributed by atoms with Crippen LogP contribution in [0.1, 0.15) is 30.1 Å². The number of para-hydroxylation sites is 2. The molecule has 0 radical (unpaired) electrons. The van der Waals surface area contributed by atoms with E-state index in [2.05, 4.69) is 5.10 Å². The Morgan fingerprint density at radius 1 is 1.07 bits per heavy atom. The van der Waals surface area contributed by atoms with Crippen LogP contribution >= 0.6 is 0 Å². The lowest BCUT2D eigenvalue weighted by Crippen LogP contribution is -2.36. The molecular weight excluding hydrogens is 366 g/mol. The number of carbonyl (C=O) groups is 1. The molecule has 0 spiro atoms. The van der Waals surface area contributed by atoms with Gasteiger partial charge in [0.25, 0.3) is 0 Å². The Labute approximate surface area is 166 Å². The molecule has 2 aliphatic rings. The van der Waals surface area contributed by atoms with Gasteiger partial charge in [0.1, 0.15) is 12.4 Å². The van der Waals surface area contributed by atoms with E-state index in [0.29, 0.717) is 18.1 Å². The van der Waals surface area contributed by atoms with E-state index in [1.54, 1.807) is 9.30 Å². The first-order chi connectivity index (χ1) is 14.2. The molecule has 144 valence electrons. The summed E-state index contributed by atoms with van der Waals surface area (Å²) in [6, 6.07) is 15.6. The van der Waals surface area contributed by atoms with Crippen molar-refractivity contribution in [1.82, 2.24) is 19.2 Å². The quantitative estimate of drug-likeness (QED) is 0.543. The van der Waals surface area contributed by atoms with E-state index in [1.807, 2.05) is 48.5 Å². The molecular formula is C22H19N5O2. The minimum atomic E-state index is -0.291. The molecule has 2 aromatic heterocycles. The molecule has 1 fully saturated rings. The summed E-state index contributed by atoms with van der Waals surface area (Å²) in [7, 11) is 0. The third-order valence-electron chi connectivity index (χ3n) is 5.86. The standard InChI is InChI=1S/C22H19N5O2/c28-19(25-12-11-14-5-1-4-8-18(14)25)13-26-22(29)27-20(15-9-10-15)23-17-7-3-2-6-16(17)21(27)24-26/h1-8,15H,9-13H2. The molecule has 1 aliphatic heterocycles. The van der Waals surface area contributed by atoms with Crippen molar-refractivity contribution >= 4 is 28.1 Å². The molecule has 1 aliphatic carbocycles. The maximum absolute atomic E-state index is 13.2. The molecule has 7 heteroatoms. The van der Waals surface area contributed by atoms with Crippen LogP contribution in [0.2, 0.25) is 0 Å². The maximum atomic E-state index is 13.2. The third-order valence-corrected chi connectivity index (χ3v) is 5.86. The highest BCUT2D eigenvalue weighted by Gasteiger charge is 2.31. The number of rotatable bonds is 3. The van der Waals surface area contributed by atoms with Crippen LogP contribution in [0.3, 0.4) is 0 Å². The largest absolute Gasteiger partial charge is 0.352 e. The van der Waals surface area contributed by atoms with Gasteiger partial charge in [-0.15, -0.1) is 5.10 Å². The Balaban J connectivity index is 1.45. The molecule has 2 aromatic carbocycles. The summed E-state index contributed by atoms with van der Waals surface area (Å²) in [6.07, 6.45) is 2.89. The van der Waals surface area contributed by atoms with E-state index in [1.165, 1.54) is 4.68 Å². The summed E-state index contributed by atoms with van der Waals surface area (Å²) in [5, 5.41) is 5.38. The van der Waals surface area contributed by atoms with Crippen LogP contribution < -0.4 is 10.6 Å². The number of anilines is 1. The summed E-state index contributed by atoms with van der Waals surface area (Å²) in [4.78, 5) is 32.7. The SMILES string of the molecule is O=C(Cn1nc2c3ccccc3nc(C3CC3)n2c1=O)N1CCc2ccccc21. The zero-order chi connectivity index (χ0) is 19.5. The molecule has 3 heterocycles. The van der Waals surface area contributed by atoms with Crippen LogP contribution in [-0.2, 0) is 17.8 Å². The molecule has 0 saturated heterocycles. The number of hydrogen-bond donors (Lipinski definition) is 0. The van der Waals surface area contributed by atoms with E-state index < -0.39 is 0 Å². The van der Waals surface area contributed by atoms with Gasteiger partial charge in [-0.1, -0.05) is 30.3 Å². The Kier molecular flexibility index (Phi) is 3.41. The molecule has 0 unspecified atom stereocenters. The van der Waals surface area contributed by atoms with Gasteiger partial charge in [-0.2, -0.15) is 0 Å². The number of carbonyl (C=O) groups excluding carboxylic acids is 1. The molecule has 0 atom stereocenters. The van der Waals surface area contributed by atoms with Gasteiger partial charge in [0.2, 0.25) is 5.91 Å². The fourth-order valence-corrected chi connectivity index (χ4v) is 4.25. The summed E-state index contributed by atoms with van der Waals surface area (Å²) in [5.74, 6) is 0.929. The predicted molar refractivity (Wildman–Crippen MR) is 109 cm³/mol. The highest BCUT2D eigenvalue weighted by atomic mass is 16.2. The number of nitrogens with zero attached hydrogens (tertiary/aromatic N) is 5. The van der Waals surface area contributed by atoms with Crippen molar-refractivity contribution < 1.29 is 4.79 Å². The van der Waals surface area contributed by atoms with Gasteiger partial charge in [-0.3, -0.25) is 4.79 Å². The molecule has 1 amide bonds. The van der Waals surface area contributed by atoms with Gasteiger partial charge in [0.05, 0.1) is 5.52 Å². The molecule has 1 saturated carbocycles. The minimum absolute atomic E-state index is 0.0761. The zero-order valence-electron chi connectivity index (χ0n) is 15.8. The van der Waals surface area contributed by atoms with E-state index in [9.17, 15) is 9.59 Å². The lowest BCUT2D eigenvalue weighted by molar-refractivity contribution is -0.119. The third kappa shape index (κ3) is 2.50. The van der Waals surface area contributed by atoms with Gasteiger partial charge >= 0.3 is 5.69 Å². The summed E-state index contributed by atoms with van der Waals surface area (Å²) in [5.41, 5.74) is 3.21. The second-order valence-corrected chi connectivity index (χ2v) is 7.78. The Hall–Kier alpha value is -3.48. The topological polar surface area (TPSA) is 72.5 Å². The van der Waals surface area contributed by atoms with Crippen LogP contribution in [0.4, 0.5) is 5.69 Å². The van der Waals surface area contributed by atoms with Gasteiger partial charge in [-0.25, -0.2) is 18.9 Å². The molecule has 29 heavy (non-hydrogen) atoms. The first-order valence-electron chi connectivity index (χ1n) is 9.97. The van der Waals surface area contributed by atoms with Crippen molar-refractivity contribution in [3.63, 3.8) is 0 Å². The van der Waals surface area contributed by atoms with Crippen LogP contribution in [0.25, 0.3) is 16.6 Å². The van der Waals surface area contributed by atoms with Crippen LogP contribution in [0.5, 0.6) is 0 Å². The average molecular weight is 385 g/mol. The average Bonchev–Trinajstić information content (AvgIpc) is 3.42. The Morgan fingerprint density at radius 2 is 1.86 bits per heavy atom. The number of aromatic nitrogens is 4. The number of fused-ring (bicyclic) bond motifs is 4. The summed E-state index contributed by atoms with van der Waals surface area (Å²) in [6.45, 7) is 0.561. The first kappa shape index (κ1) is 16.5. The van der Waals surface area contributed by atoms with Crippen molar-refractivity contribution in [2.45, 2.75) is 31.7 Å². The van der Waals surface area contributed by atoms with Crippen molar-refractivity contribution in [3.8, 4) is 0 Å². The van der Waals surface area contributed by atoms with Crippen LogP contribution in [0.15, 0.2) is 53.3 Å². The first-order valence-corrected chi connectivity index (χ1v) is 9.97. The summed E-state index contributed by atoms with van der Waals surface area (Å²) >= 11 is 0. The van der Waals surface area contributed by atoms with E-state index >= 15 is 0 Å². The molecule has 0 N–H and O–H groups in total. The van der Waals surface area contributed by atoms with Crippen LogP contribution in [-0.4, -0.2) is 31.6 Å². The number of benzene rings is 2. The molecule has 6 rings (SSSR count). The lowest BCUT2D eigenvalue weighted by Gasteiger charge is -2.16. The number of hydrogen-bond acceptors (Lipinski definition) is 4. The van der Waals surface area contributed by atoms with Gasteiger partial charge in [0, 0.05) is 23.5 Å². The number of amides is 1. The molecule has 0 bridgehead atoms. The predicted octanol–water partition coefficient (Wildman–Crippen LogP) is 2.51. The fourth-order valence-electron chi connectivity index (χ4n) is 4.25. The van der Waals surface area contributed by atoms with Gasteiger partial charge < -0.3 is 4.90 Å². The highest BCUT2D eigenvalue weighted by molar-refractivity contribution is 5.95. The van der Waals surface area contributed by atoms with Crippen molar-refractivity contribution in [2.75, 3.05) is 11.4 Å². The normalized spacial score (nSPS) is 15.9. The van der Waals surface area contributed by atoms with Crippen molar-refractivity contribution in [1.29, 1.82) is 0 Å². The fraction of sp³-hybridized carbons (Fsp3) is 0.273. The highest BCUT2D eigenvalue weighted by Crippen LogP contribution is 2.39. The Morgan fingerprint density at radius 3 is 2.72 bits per heavy atom. The van der Waals surface area contributed by atoms with Gasteiger partial charge in [-0.05, 0) is 43.0 Å². The minimum Gasteiger partial charge on any atom is -0.310 e. The smallest absolute Gasteiger partial charge is 0.310 e. The van der Waals surface area contributed by atoms with E-state index in [-0.39, 0.29) is 18.1 Å². The maximum Gasteiger partial charge on any atom is 0.352 e.